The third-order valence-corrected chi connectivity index (χ3v) is 6.03. The van der Waals surface area contributed by atoms with Gasteiger partial charge < -0.3 is 14.8 Å². The van der Waals surface area contributed by atoms with E-state index in [1.165, 1.54) is 12.1 Å². The molecule has 32 heavy (non-hydrogen) atoms. The molecule has 0 unspecified atom stereocenters. The van der Waals surface area contributed by atoms with E-state index in [-0.39, 0.29) is 11.3 Å². The minimum Gasteiger partial charge on any atom is -0.507 e. The summed E-state index contributed by atoms with van der Waals surface area (Å²) in [6.45, 7) is 3.54. The second-order valence-electron chi connectivity index (χ2n) is 7.66. The van der Waals surface area contributed by atoms with Gasteiger partial charge in [0.25, 0.3) is 5.56 Å². The number of H-pyrrole nitrogens is 1. The molecule has 0 bridgehead atoms. The molecule has 7 nitrogen and oxygen atoms in total. The number of aromatic amines is 1. The molecule has 0 atom stereocenters. The van der Waals surface area contributed by atoms with Gasteiger partial charge in [0.15, 0.2) is 0 Å². The van der Waals surface area contributed by atoms with E-state index in [4.69, 9.17) is 33.0 Å². The van der Waals surface area contributed by atoms with Crippen molar-refractivity contribution in [1.29, 1.82) is 0 Å². The van der Waals surface area contributed by atoms with Gasteiger partial charge in [0.05, 0.1) is 24.6 Å². The molecular formula is C23H20Cl2N4O3. The summed E-state index contributed by atoms with van der Waals surface area (Å²) in [5, 5.41) is 16.4. The van der Waals surface area contributed by atoms with Crippen molar-refractivity contribution in [3.63, 3.8) is 0 Å². The summed E-state index contributed by atoms with van der Waals surface area (Å²) >= 11 is 12.1. The first-order chi connectivity index (χ1) is 15.5. The Morgan fingerprint density at radius 2 is 1.75 bits per heavy atom. The number of fused-ring (bicyclic) bond motifs is 1. The van der Waals surface area contributed by atoms with Crippen LogP contribution < -0.4 is 5.56 Å². The van der Waals surface area contributed by atoms with Crippen molar-refractivity contribution in [3.05, 3.63) is 74.6 Å². The topological polar surface area (TPSA) is 82.9 Å². The van der Waals surface area contributed by atoms with Crippen LogP contribution in [0.3, 0.4) is 0 Å². The van der Waals surface area contributed by atoms with Crippen LogP contribution in [-0.4, -0.2) is 50.9 Å². The monoisotopic (exact) mass is 470 g/mol. The summed E-state index contributed by atoms with van der Waals surface area (Å²) in [5.41, 5.74) is 3.71. The standard InChI is InChI=1S/C23H20Cl2N4O3/c24-15-3-1-14(2-4-15)22-18(13-28-7-9-32-10-8-28)27-29-19(12-21(31)26-23(22)29)17-6-5-16(25)11-20(17)30/h1-6,11-12,30H,7-10,13H2,(H,26,31). The molecule has 2 N–H and O–H groups in total. The normalized spacial score (nSPS) is 14.8. The molecule has 5 rings (SSSR count). The van der Waals surface area contributed by atoms with Gasteiger partial charge in [-0.05, 0) is 35.9 Å². The number of nitrogens with one attached hydrogen (secondary N) is 1. The lowest BCUT2D eigenvalue weighted by Gasteiger charge is -2.26. The number of benzene rings is 2. The molecule has 2 aromatic carbocycles. The Bertz CT molecular complexity index is 1340. The number of morpholine rings is 1. The third kappa shape index (κ3) is 4.00. The van der Waals surface area contributed by atoms with Crippen LogP contribution >= 0.6 is 23.2 Å². The highest BCUT2D eigenvalue weighted by Crippen LogP contribution is 2.34. The number of phenols is 1. The van der Waals surface area contributed by atoms with E-state index in [1.54, 1.807) is 16.6 Å². The number of hydrogen-bond acceptors (Lipinski definition) is 5. The number of aromatic hydroxyl groups is 1. The van der Waals surface area contributed by atoms with E-state index in [9.17, 15) is 9.90 Å². The Morgan fingerprint density at radius 1 is 1.03 bits per heavy atom. The smallest absolute Gasteiger partial charge is 0.251 e. The average Bonchev–Trinajstić information content (AvgIpc) is 3.12. The summed E-state index contributed by atoms with van der Waals surface area (Å²) in [7, 11) is 0. The molecule has 1 aliphatic rings. The molecule has 4 aromatic rings. The van der Waals surface area contributed by atoms with E-state index in [0.717, 1.165) is 29.9 Å². The van der Waals surface area contributed by atoms with Gasteiger partial charge in [-0.15, -0.1) is 0 Å². The second kappa shape index (κ2) is 8.60. The first kappa shape index (κ1) is 21.0. The lowest BCUT2D eigenvalue weighted by atomic mass is 10.0. The summed E-state index contributed by atoms with van der Waals surface area (Å²) in [4.78, 5) is 17.8. The molecule has 0 radical (unpaired) electrons. The molecule has 2 aromatic heterocycles. The quantitative estimate of drug-likeness (QED) is 0.466. The summed E-state index contributed by atoms with van der Waals surface area (Å²) in [6.07, 6.45) is 0. The number of aromatic nitrogens is 3. The van der Waals surface area contributed by atoms with Crippen LogP contribution in [-0.2, 0) is 11.3 Å². The molecule has 1 aliphatic heterocycles. The predicted octanol–water partition coefficient (Wildman–Crippen LogP) is 4.20. The summed E-state index contributed by atoms with van der Waals surface area (Å²) in [6, 6.07) is 13.7. The number of halogens is 2. The van der Waals surface area contributed by atoms with Gasteiger partial charge in [0, 0.05) is 46.9 Å². The zero-order valence-corrected chi connectivity index (χ0v) is 18.5. The molecule has 0 saturated carbocycles. The number of rotatable bonds is 4. The van der Waals surface area contributed by atoms with Crippen LogP contribution in [0.5, 0.6) is 5.75 Å². The van der Waals surface area contributed by atoms with Gasteiger partial charge in [0.1, 0.15) is 11.4 Å². The molecule has 164 valence electrons. The predicted molar refractivity (Wildman–Crippen MR) is 124 cm³/mol. The molecule has 9 heteroatoms. The second-order valence-corrected chi connectivity index (χ2v) is 8.53. The highest BCUT2D eigenvalue weighted by Gasteiger charge is 2.22. The Balaban J connectivity index is 1.75. The lowest BCUT2D eigenvalue weighted by molar-refractivity contribution is 0.0337. The molecular weight excluding hydrogens is 451 g/mol. The zero-order chi connectivity index (χ0) is 22.2. The highest BCUT2D eigenvalue weighted by molar-refractivity contribution is 6.31. The van der Waals surface area contributed by atoms with Gasteiger partial charge >= 0.3 is 0 Å². The highest BCUT2D eigenvalue weighted by atomic mass is 35.5. The molecule has 0 amide bonds. The van der Waals surface area contributed by atoms with E-state index in [2.05, 4.69) is 9.88 Å². The van der Waals surface area contributed by atoms with E-state index in [1.807, 2.05) is 24.3 Å². The van der Waals surface area contributed by atoms with Crippen molar-refractivity contribution >= 4 is 28.8 Å². The fourth-order valence-electron chi connectivity index (χ4n) is 4.01. The molecule has 1 saturated heterocycles. The van der Waals surface area contributed by atoms with Crippen LogP contribution in [0.15, 0.2) is 53.3 Å². The Morgan fingerprint density at radius 3 is 2.47 bits per heavy atom. The Hall–Kier alpha value is -2.84. The van der Waals surface area contributed by atoms with E-state index < -0.39 is 0 Å². The molecule has 0 spiro atoms. The van der Waals surface area contributed by atoms with Crippen LogP contribution in [0, 0.1) is 0 Å². The number of hydrogen-bond donors (Lipinski definition) is 2. The SMILES string of the molecule is O=c1cc(-c2ccc(Cl)cc2O)n2nc(CN3CCOCC3)c(-c3ccc(Cl)cc3)c2[nH]1. The minimum atomic E-state index is -0.296. The number of phenolic OH excluding ortho intramolecular Hbond substituents is 1. The summed E-state index contributed by atoms with van der Waals surface area (Å²) in [5.74, 6) is -0.0253. The maximum absolute atomic E-state index is 12.6. The number of ether oxygens (including phenoxy) is 1. The van der Waals surface area contributed by atoms with Crippen LogP contribution in [0.1, 0.15) is 5.69 Å². The van der Waals surface area contributed by atoms with Crippen molar-refractivity contribution in [3.8, 4) is 28.1 Å². The fraction of sp³-hybridized carbons (Fsp3) is 0.217. The maximum atomic E-state index is 12.6. The van der Waals surface area contributed by atoms with Crippen LogP contribution in [0.25, 0.3) is 28.0 Å². The first-order valence-electron chi connectivity index (χ1n) is 10.2. The van der Waals surface area contributed by atoms with Crippen molar-refractivity contribution < 1.29 is 9.84 Å². The van der Waals surface area contributed by atoms with Gasteiger partial charge in [-0.1, -0.05) is 35.3 Å². The molecule has 3 heterocycles. The van der Waals surface area contributed by atoms with Crippen molar-refractivity contribution in [2.75, 3.05) is 26.3 Å². The van der Waals surface area contributed by atoms with Gasteiger partial charge in [0.2, 0.25) is 0 Å². The van der Waals surface area contributed by atoms with Crippen LogP contribution in [0.4, 0.5) is 0 Å². The average molecular weight is 471 g/mol. The van der Waals surface area contributed by atoms with Gasteiger partial charge in [-0.25, -0.2) is 4.52 Å². The third-order valence-electron chi connectivity index (χ3n) is 5.54. The first-order valence-corrected chi connectivity index (χ1v) is 10.9. The van der Waals surface area contributed by atoms with Crippen molar-refractivity contribution in [2.24, 2.45) is 0 Å². The van der Waals surface area contributed by atoms with E-state index in [0.29, 0.717) is 46.7 Å². The lowest BCUT2D eigenvalue weighted by Crippen LogP contribution is -2.35. The van der Waals surface area contributed by atoms with Gasteiger partial charge in [-0.2, -0.15) is 5.10 Å². The largest absolute Gasteiger partial charge is 0.507 e. The number of nitrogens with zero attached hydrogens (tertiary/aromatic N) is 3. The van der Waals surface area contributed by atoms with Gasteiger partial charge in [-0.3, -0.25) is 9.69 Å². The fourth-order valence-corrected chi connectivity index (χ4v) is 4.30. The summed E-state index contributed by atoms with van der Waals surface area (Å²) < 4.78 is 7.14. The minimum absolute atomic E-state index is 0.0253. The zero-order valence-electron chi connectivity index (χ0n) is 17.0. The Labute approximate surface area is 193 Å². The maximum Gasteiger partial charge on any atom is 0.251 e. The van der Waals surface area contributed by atoms with Crippen LogP contribution in [0.2, 0.25) is 10.0 Å². The van der Waals surface area contributed by atoms with E-state index >= 15 is 0 Å². The molecule has 1 fully saturated rings. The van der Waals surface area contributed by atoms with Crippen molar-refractivity contribution in [1.82, 2.24) is 19.5 Å². The molecule has 0 aliphatic carbocycles. The Kier molecular flexibility index (Phi) is 5.65. The van der Waals surface area contributed by atoms with Crippen molar-refractivity contribution in [2.45, 2.75) is 6.54 Å².